The highest BCUT2D eigenvalue weighted by Crippen LogP contribution is 2.31. The van der Waals surface area contributed by atoms with Gasteiger partial charge >= 0.3 is 5.97 Å². The SMILES string of the molecule is CCOC(=O)C1(NC)CCCC(N(C)CCS(C)(=O)=O)C1. The van der Waals surface area contributed by atoms with Crippen molar-refractivity contribution in [2.75, 3.05) is 39.3 Å². The van der Waals surface area contributed by atoms with Gasteiger partial charge in [0.15, 0.2) is 0 Å². The molecule has 1 N–H and O–H groups in total. The van der Waals surface area contributed by atoms with Crippen LogP contribution < -0.4 is 5.32 Å². The molecule has 0 radical (unpaired) electrons. The van der Waals surface area contributed by atoms with Crippen LogP contribution in [0, 0.1) is 0 Å². The first-order chi connectivity index (χ1) is 9.74. The molecule has 124 valence electrons. The number of hydrogen-bond acceptors (Lipinski definition) is 6. The van der Waals surface area contributed by atoms with E-state index in [9.17, 15) is 13.2 Å². The Labute approximate surface area is 128 Å². The summed E-state index contributed by atoms with van der Waals surface area (Å²) in [6.07, 6.45) is 4.57. The quantitative estimate of drug-likeness (QED) is 0.686. The van der Waals surface area contributed by atoms with Gasteiger partial charge in [-0.3, -0.25) is 4.79 Å². The second-order valence-electron chi connectivity index (χ2n) is 5.91. The van der Waals surface area contributed by atoms with Gasteiger partial charge in [0.1, 0.15) is 15.4 Å². The number of ether oxygens (including phenoxy) is 1. The number of rotatable bonds is 7. The Morgan fingerprint density at radius 1 is 1.48 bits per heavy atom. The average Bonchev–Trinajstić information content (AvgIpc) is 2.44. The molecular formula is C14H28N2O4S. The maximum absolute atomic E-state index is 12.2. The van der Waals surface area contributed by atoms with E-state index >= 15 is 0 Å². The zero-order valence-corrected chi connectivity index (χ0v) is 14.3. The Hall–Kier alpha value is -0.660. The normalized spacial score (nSPS) is 26.8. The number of esters is 1. The fraction of sp³-hybridized carbons (Fsp3) is 0.929. The van der Waals surface area contributed by atoms with Gasteiger partial charge in [-0.15, -0.1) is 0 Å². The minimum atomic E-state index is -2.97. The van der Waals surface area contributed by atoms with E-state index in [4.69, 9.17) is 4.74 Å². The molecule has 1 aliphatic carbocycles. The fourth-order valence-corrected chi connectivity index (χ4v) is 3.52. The number of hydrogen-bond donors (Lipinski definition) is 1. The zero-order chi connectivity index (χ0) is 16.1. The highest BCUT2D eigenvalue weighted by molar-refractivity contribution is 7.90. The third-order valence-electron chi connectivity index (χ3n) is 4.31. The summed E-state index contributed by atoms with van der Waals surface area (Å²) in [5, 5.41) is 3.14. The number of likely N-dealkylation sites (N-methyl/N-ethyl adjacent to an activating group) is 1. The topological polar surface area (TPSA) is 75.7 Å². The molecule has 0 aliphatic heterocycles. The predicted molar refractivity (Wildman–Crippen MR) is 83.0 cm³/mol. The van der Waals surface area contributed by atoms with Crippen LogP contribution in [0.3, 0.4) is 0 Å². The summed E-state index contributed by atoms with van der Waals surface area (Å²) >= 11 is 0. The molecule has 0 aromatic carbocycles. The van der Waals surface area contributed by atoms with E-state index < -0.39 is 15.4 Å². The molecule has 0 amide bonds. The molecule has 6 nitrogen and oxygen atoms in total. The lowest BCUT2D eigenvalue weighted by Gasteiger charge is -2.41. The maximum Gasteiger partial charge on any atom is 0.326 e. The molecular weight excluding hydrogens is 292 g/mol. The molecule has 0 aromatic rings. The fourth-order valence-electron chi connectivity index (χ4n) is 2.90. The van der Waals surface area contributed by atoms with Gasteiger partial charge in [-0.2, -0.15) is 0 Å². The number of nitrogens with zero attached hydrogens (tertiary/aromatic N) is 1. The number of sulfone groups is 1. The minimum Gasteiger partial charge on any atom is -0.465 e. The van der Waals surface area contributed by atoms with Gasteiger partial charge in [-0.25, -0.2) is 8.42 Å². The standard InChI is InChI=1S/C14H28N2O4S/c1-5-20-13(17)14(15-2)8-6-7-12(11-14)16(3)9-10-21(4,18)19/h12,15H,5-11H2,1-4H3. The van der Waals surface area contributed by atoms with Gasteiger partial charge in [-0.1, -0.05) is 0 Å². The average molecular weight is 320 g/mol. The molecule has 0 heterocycles. The summed E-state index contributed by atoms with van der Waals surface area (Å²) in [6, 6.07) is 0.192. The van der Waals surface area contributed by atoms with Crippen LogP contribution >= 0.6 is 0 Å². The first-order valence-electron chi connectivity index (χ1n) is 7.48. The van der Waals surface area contributed by atoms with E-state index in [-0.39, 0.29) is 17.8 Å². The summed E-state index contributed by atoms with van der Waals surface area (Å²) in [5.41, 5.74) is -0.641. The Balaban J connectivity index is 2.71. The monoisotopic (exact) mass is 320 g/mol. The Kier molecular flexibility index (Phi) is 6.62. The summed E-state index contributed by atoms with van der Waals surface area (Å²) < 4.78 is 27.8. The van der Waals surface area contributed by atoms with Crippen LogP contribution in [-0.4, -0.2) is 70.1 Å². The second-order valence-corrected chi connectivity index (χ2v) is 8.17. The molecule has 0 saturated heterocycles. The molecule has 2 unspecified atom stereocenters. The lowest BCUT2D eigenvalue weighted by molar-refractivity contribution is -0.153. The molecule has 21 heavy (non-hydrogen) atoms. The van der Waals surface area contributed by atoms with E-state index in [0.717, 1.165) is 19.3 Å². The summed E-state index contributed by atoms with van der Waals surface area (Å²) in [6.45, 7) is 2.67. The maximum atomic E-state index is 12.2. The van der Waals surface area contributed by atoms with Gasteiger partial charge < -0.3 is 15.0 Å². The molecule has 0 spiro atoms. The van der Waals surface area contributed by atoms with Crippen LogP contribution in [0.4, 0.5) is 0 Å². The summed E-state index contributed by atoms with van der Waals surface area (Å²) in [7, 11) is 0.745. The van der Waals surface area contributed by atoms with Crippen LogP contribution in [-0.2, 0) is 19.4 Å². The number of nitrogens with one attached hydrogen (secondary N) is 1. The van der Waals surface area contributed by atoms with Crippen LogP contribution in [0.15, 0.2) is 0 Å². The van der Waals surface area contributed by atoms with Crippen molar-refractivity contribution >= 4 is 15.8 Å². The third kappa shape index (κ3) is 5.23. The number of carbonyl (C=O) groups excluding carboxylic acids is 1. The van der Waals surface area contributed by atoms with Crippen molar-refractivity contribution in [1.82, 2.24) is 10.2 Å². The molecule has 2 atom stereocenters. The number of carbonyl (C=O) groups is 1. The first-order valence-corrected chi connectivity index (χ1v) is 9.54. The van der Waals surface area contributed by atoms with Crippen molar-refractivity contribution in [3.63, 3.8) is 0 Å². The zero-order valence-electron chi connectivity index (χ0n) is 13.5. The molecule has 0 bridgehead atoms. The van der Waals surface area contributed by atoms with Gasteiger partial charge in [0.05, 0.1) is 12.4 Å². The molecule has 1 saturated carbocycles. The van der Waals surface area contributed by atoms with Crippen LogP contribution in [0.5, 0.6) is 0 Å². The summed E-state index contributed by atoms with van der Waals surface area (Å²) in [4.78, 5) is 14.3. The van der Waals surface area contributed by atoms with Crippen LogP contribution in [0.2, 0.25) is 0 Å². The predicted octanol–water partition coefficient (Wildman–Crippen LogP) is 0.427. The van der Waals surface area contributed by atoms with Crippen molar-refractivity contribution in [1.29, 1.82) is 0 Å². The van der Waals surface area contributed by atoms with Crippen molar-refractivity contribution in [3.8, 4) is 0 Å². The Morgan fingerprint density at radius 2 is 2.14 bits per heavy atom. The van der Waals surface area contributed by atoms with Crippen LogP contribution in [0.1, 0.15) is 32.6 Å². The second kappa shape index (κ2) is 7.56. The minimum absolute atomic E-state index is 0.145. The smallest absolute Gasteiger partial charge is 0.326 e. The molecule has 1 aliphatic rings. The molecule has 7 heteroatoms. The van der Waals surface area contributed by atoms with Crippen molar-refractivity contribution < 1.29 is 17.9 Å². The Morgan fingerprint density at radius 3 is 2.67 bits per heavy atom. The lowest BCUT2D eigenvalue weighted by atomic mass is 9.78. The molecule has 0 aromatic heterocycles. The van der Waals surface area contributed by atoms with Crippen molar-refractivity contribution in [2.45, 2.75) is 44.2 Å². The van der Waals surface area contributed by atoms with Gasteiger partial charge in [0.25, 0.3) is 0 Å². The van der Waals surface area contributed by atoms with E-state index in [0.29, 0.717) is 19.6 Å². The highest BCUT2D eigenvalue weighted by Gasteiger charge is 2.43. The lowest BCUT2D eigenvalue weighted by Crippen LogP contribution is -2.57. The Bertz CT molecular complexity index is 452. The van der Waals surface area contributed by atoms with Gasteiger partial charge in [-0.05, 0) is 46.7 Å². The van der Waals surface area contributed by atoms with E-state index in [2.05, 4.69) is 5.32 Å². The van der Waals surface area contributed by atoms with Gasteiger partial charge in [0, 0.05) is 18.8 Å². The van der Waals surface area contributed by atoms with Crippen LogP contribution in [0.25, 0.3) is 0 Å². The summed E-state index contributed by atoms with van der Waals surface area (Å²) in [5.74, 6) is -0.0555. The third-order valence-corrected chi connectivity index (χ3v) is 5.23. The molecule has 1 rings (SSSR count). The van der Waals surface area contributed by atoms with E-state index in [1.165, 1.54) is 6.26 Å². The molecule has 1 fully saturated rings. The highest BCUT2D eigenvalue weighted by atomic mass is 32.2. The van der Waals surface area contributed by atoms with Crippen molar-refractivity contribution in [3.05, 3.63) is 0 Å². The van der Waals surface area contributed by atoms with E-state index in [1.807, 2.05) is 11.9 Å². The van der Waals surface area contributed by atoms with E-state index in [1.54, 1.807) is 14.0 Å². The largest absolute Gasteiger partial charge is 0.465 e. The van der Waals surface area contributed by atoms with Gasteiger partial charge in [0.2, 0.25) is 0 Å². The first kappa shape index (κ1) is 18.4. The van der Waals surface area contributed by atoms with Crippen molar-refractivity contribution in [2.24, 2.45) is 0 Å².